The minimum absolute atomic E-state index is 0.0286. The predicted molar refractivity (Wildman–Crippen MR) is 232 cm³/mol. The first-order valence-electron chi connectivity index (χ1n) is 20.2. The van der Waals surface area contributed by atoms with Crippen molar-refractivity contribution >= 4 is 63.9 Å². The molecule has 0 heterocycles. The monoisotopic (exact) mass is 848 g/mol. The molecule has 1 fully saturated rings. The molecule has 3 atom stereocenters. The summed E-state index contributed by atoms with van der Waals surface area (Å²) in [6, 6.07) is 23.3. The molecule has 1 saturated carbocycles. The number of carboxylic acid groups (broad SMARTS) is 1. The van der Waals surface area contributed by atoms with Crippen molar-refractivity contribution in [2.24, 2.45) is 17.1 Å². The van der Waals surface area contributed by atoms with Gasteiger partial charge in [0.05, 0.1) is 30.7 Å². The van der Waals surface area contributed by atoms with Crippen molar-refractivity contribution in [3.05, 3.63) is 101 Å². The molecule has 59 heavy (non-hydrogen) atoms. The van der Waals surface area contributed by atoms with Crippen LogP contribution in [0, 0.1) is 11.3 Å². The molecule has 15 heteroatoms. The second-order valence-corrected chi connectivity index (χ2v) is 16.9. The van der Waals surface area contributed by atoms with E-state index in [4.69, 9.17) is 17.3 Å². The summed E-state index contributed by atoms with van der Waals surface area (Å²) in [6.07, 6.45) is 6.86. The van der Waals surface area contributed by atoms with E-state index in [0.29, 0.717) is 43.1 Å². The number of thioether (sulfide) groups is 1. The zero-order chi connectivity index (χ0) is 42.6. The normalized spacial score (nSPS) is 14.6. The summed E-state index contributed by atoms with van der Waals surface area (Å²) >= 11 is 7.36. The number of anilines is 1. The average Bonchev–Trinajstić information content (AvgIpc) is 3.64. The Morgan fingerprint density at radius 1 is 0.763 bits per heavy atom. The minimum Gasteiger partial charge on any atom is -0.481 e. The second-order valence-electron chi connectivity index (χ2n) is 15.3. The number of benzene rings is 3. The molecule has 318 valence electrons. The lowest BCUT2D eigenvalue weighted by Crippen LogP contribution is -2.44. The van der Waals surface area contributed by atoms with Gasteiger partial charge in [0.2, 0.25) is 23.6 Å². The van der Waals surface area contributed by atoms with Gasteiger partial charge in [-0.25, -0.2) is 0 Å². The molecule has 0 saturated heterocycles. The summed E-state index contributed by atoms with van der Waals surface area (Å²) in [5, 5.41) is 23.1. The summed E-state index contributed by atoms with van der Waals surface area (Å²) in [5.74, 6) is -2.41. The largest absolute Gasteiger partial charge is 0.481 e. The van der Waals surface area contributed by atoms with Gasteiger partial charge >= 0.3 is 5.97 Å². The summed E-state index contributed by atoms with van der Waals surface area (Å²) < 4.78 is 0. The number of carbonyl (C=O) groups excluding carboxylic acids is 5. The lowest BCUT2D eigenvalue weighted by molar-refractivity contribution is -0.140. The number of hydrogen-bond donors (Lipinski definition) is 7. The van der Waals surface area contributed by atoms with Gasteiger partial charge in [0.1, 0.15) is 0 Å². The fourth-order valence-electron chi connectivity index (χ4n) is 7.18. The summed E-state index contributed by atoms with van der Waals surface area (Å²) in [6.45, 7) is 2.46. The van der Waals surface area contributed by atoms with Gasteiger partial charge in [0, 0.05) is 42.7 Å². The van der Waals surface area contributed by atoms with Crippen LogP contribution in [-0.2, 0) is 43.2 Å². The van der Waals surface area contributed by atoms with Crippen molar-refractivity contribution < 1.29 is 33.9 Å². The molecule has 3 aromatic carbocycles. The van der Waals surface area contributed by atoms with Crippen LogP contribution >= 0.6 is 23.4 Å². The Morgan fingerprint density at radius 3 is 2.07 bits per heavy atom. The standard InChI is InChI=1S/C44H57ClN6O7S/c1-30(42(57)49-29-39(54)48-23-11-3-10-22-47-38(53)27-44(28-41(55)56)20-8-9-21-44)36(46)24-32-16-18-34(19-17-32)50-43(58)59-40(26-33-14-6-7-15-35(33)45)51-37(52)25-31-12-4-2-5-13-31/h2,4-7,12-19,30,36,40H,3,8-11,20-29,46H2,1H3,(H,47,53)(H,48,54)(H,49,57)(H,50,58)(H,51,52)(H,55,56). The van der Waals surface area contributed by atoms with Crippen LogP contribution in [0.2, 0.25) is 5.02 Å². The van der Waals surface area contributed by atoms with E-state index < -0.39 is 28.7 Å². The van der Waals surface area contributed by atoms with E-state index in [-0.39, 0.29) is 54.7 Å². The number of carbonyl (C=O) groups is 6. The zero-order valence-electron chi connectivity index (χ0n) is 33.6. The average molecular weight is 849 g/mol. The molecule has 3 aromatic rings. The Balaban J connectivity index is 1.12. The predicted octanol–water partition coefficient (Wildman–Crippen LogP) is 5.98. The molecule has 0 radical (unpaired) electrons. The minimum atomic E-state index is -0.861. The molecule has 0 aromatic heterocycles. The number of aliphatic carboxylic acids is 1. The van der Waals surface area contributed by atoms with Gasteiger partial charge in [0.25, 0.3) is 5.24 Å². The van der Waals surface area contributed by atoms with Crippen LogP contribution in [0.3, 0.4) is 0 Å². The molecular formula is C44H57ClN6O7S. The number of nitrogens with one attached hydrogen (secondary N) is 5. The van der Waals surface area contributed by atoms with Gasteiger partial charge in [-0.3, -0.25) is 28.8 Å². The maximum absolute atomic E-state index is 13.1. The molecule has 8 N–H and O–H groups in total. The van der Waals surface area contributed by atoms with E-state index >= 15 is 0 Å². The van der Waals surface area contributed by atoms with Gasteiger partial charge in [-0.1, -0.05) is 92.0 Å². The van der Waals surface area contributed by atoms with Crippen LogP contribution in [0.15, 0.2) is 78.9 Å². The smallest absolute Gasteiger partial charge is 0.303 e. The number of hydrogen-bond acceptors (Lipinski definition) is 8. The number of halogens is 1. The van der Waals surface area contributed by atoms with Gasteiger partial charge in [-0.15, -0.1) is 0 Å². The maximum atomic E-state index is 13.1. The van der Waals surface area contributed by atoms with E-state index in [1.807, 2.05) is 60.7 Å². The van der Waals surface area contributed by atoms with Gasteiger partial charge in [-0.05, 0) is 90.6 Å². The molecule has 0 aliphatic heterocycles. The maximum Gasteiger partial charge on any atom is 0.303 e. The number of carboxylic acids is 1. The molecule has 0 bridgehead atoms. The molecule has 3 unspecified atom stereocenters. The first-order valence-corrected chi connectivity index (χ1v) is 21.5. The van der Waals surface area contributed by atoms with Gasteiger partial charge in [0.15, 0.2) is 0 Å². The van der Waals surface area contributed by atoms with Crippen molar-refractivity contribution in [1.82, 2.24) is 21.3 Å². The van der Waals surface area contributed by atoms with Crippen molar-refractivity contribution in [3.63, 3.8) is 0 Å². The third-order valence-electron chi connectivity index (χ3n) is 10.5. The van der Waals surface area contributed by atoms with Crippen LogP contribution in [0.1, 0.15) is 81.4 Å². The van der Waals surface area contributed by atoms with Crippen LogP contribution in [0.4, 0.5) is 10.5 Å². The number of amides is 5. The van der Waals surface area contributed by atoms with Crippen LogP contribution in [0.5, 0.6) is 0 Å². The fraction of sp³-hybridized carbons (Fsp3) is 0.455. The van der Waals surface area contributed by atoms with Gasteiger partial charge in [-0.2, -0.15) is 0 Å². The van der Waals surface area contributed by atoms with Crippen molar-refractivity contribution in [2.75, 3.05) is 25.0 Å². The van der Waals surface area contributed by atoms with Crippen molar-refractivity contribution in [1.29, 1.82) is 0 Å². The first kappa shape index (κ1) is 46.8. The number of nitrogens with two attached hydrogens (primary N) is 1. The molecule has 4 rings (SSSR count). The topological polar surface area (TPSA) is 209 Å². The van der Waals surface area contributed by atoms with Crippen LogP contribution in [-0.4, -0.2) is 71.0 Å². The Kier molecular flexibility index (Phi) is 19.2. The fourth-order valence-corrected chi connectivity index (χ4v) is 8.28. The quantitative estimate of drug-likeness (QED) is 0.0442. The Hall–Kier alpha value is -4.92. The SMILES string of the molecule is CC(C(=O)NCC(=O)NCCCCCNC(=O)CC1(CC(=O)O)CCCC1)C(N)Cc1ccc(NC(=O)SC(Cc2ccccc2Cl)NC(=O)Cc2ccccc2)cc1. The highest BCUT2D eigenvalue weighted by molar-refractivity contribution is 8.14. The van der Waals surface area contributed by atoms with E-state index in [2.05, 4.69) is 26.6 Å². The van der Waals surface area contributed by atoms with Crippen molar-refractivity contribution in [3.8, 4) is 0 Å². The van der Waals surface area contributed by atoms with Gasteiger partial charge < -0.3 is 37.4 Å². The highest BCUT2D eigenvalue weighted by atomic mass is 35.5. The lowest BCUT2D eigenvalue weighted by atomic mass is 9.79. The molecule has 0 spiro atoms. The summed E-state index contributed by atoms with van der Waals surface area (Å²) in [4.78, 5) is 74.9. The highest BCUT2D eigenvalue weighted by Crippen LogP contribution is 2.44. The Labute approximate surface area is 355 Å². The summed E-state index contributed by atoms with van der Waals surface area (Å²) in [5.41, 5.74) is 9.04. The second kappa shape index (κ2) is 24.2. The van der Waals surface area contributed by atoms with Crippen LogP contribution < -0.4 is 32.3 Å². The van der Waals surface area contributed by atoms with E-state index in [9.17, 15) is 33.9 Å². The zero-order valence-corrected chi connectivity index (χ0v) is 35.2. The molecule has 13 nitrogen and oxygen atoms in total. The van der Waals surface area contributed by atoms with E-state index in [1.54, 1.807) is 25.1 Å². The Morgan fingerprint density at radius 2 is 1.41 bits per heavy atom. The third kappa shape index (κ3) is 17.1. The first-order chi connectivity index (χ1) is 28.3. The third-order valence-corrected chi connectivity index (χ3v) is 11.8. The highest BCUT2D eigenvalue weighted by Gasteiger charge is 2.38. The van der Waals surface area contributed by atoms with E-state index in [1.165, 1.54) is 0 Å². The Bertz CT molecular complexity index is 1860. The summed E-state index contributed by atoms with van der Waals surface area (Å²) in [7, 11) is 0. The number of rotatable bonds is 23. The van der Waals surface area contributed by atoms with Crippen LogP contribution in [0.25, 0.3) is 0 Å². The molecule has 1 aliphatic rings. The molecule has 5 amide bonds. The number of unbranched alkanes of at least 4 members (excludes halogenated alkanes) is 2. The molecule has 1 aliphatic carbocycles. The van der Waals surface area contributed by atoms with E-state index in [0.717, 1.165) is 67.0 Å². The lowest BCUT2D eigenvalue weighted by Gasteiger charge is -2.26. The van der Waals surface area contributed by atoms with Crippen molar-refractivity contribution in [2.45, 2.75) is 95.4 Å². The molecular weight excluding hydrogens is 792 g/mol.